The van der Waals surface area contributed by atoms with Gasteiger partial charge in [0.25, 0.3) is 0 Å². The summed E-state index contributed by atoms with van der Waals surface area (Å²) >= 11 is 0. The van der Waals surface area contributed by atoms with E-state index in [9.17, 15) is 8.78 Å². The van der Waals surface area contributed by atoms with Gasteiger partial charge in [-0.3, -0.25) is 0 Å². The van der Waals surface area contributed by atoms with Crippen molar-refractivity contribution in [3.63, 3.8) is 0 Å². The summed E-state index contributed by atoms with van der Waals surface area (Å²) < 4.78 is 25.7. The van der Waals surface area contributed by atoms with Crippen molar-refractivity contribution in [3.8, 4) is 0 Å². The van der Waals surface area contributed by atoms with Crippen molar-refractivity contribution >= 4 is 11.6 Å². The van der Waals surface area contributed by atoms with Crippen LogP contribution in [0, 0.1) is 11.6 Å². The van der Waals surface area contributed by atoms with Gasteiger partial charge in [-0.15, -0.1) is 0 Å². The van der Waals surface area contributed by atoms with Crippen LogP contribution < -0.4 is 11.1 Å². The van der Waals surface area contributed by atoms with E-state index in [4.69, 9.17) is 5.73 Å². The van der Waals surface area contributed by atoms with Crippen LogP contribution in [0.1, 0.15) is 12.8 Å². The molecule has 1 aromatic heterocycles. The predicted molar refractivity (Wildman–Crippen MR) is 45.2 cm³/mol. The van der Waals surface area contributed by atoms with E-state index in [0.29, 0.717) is 0 Å². The van der Waals surface area contributed by atoms with Gasteiger partial charge in [0.1, 0.15) is 0 Å². The lowest BCUT2D eigenvalue weighted by atomic mass is 10.4. The fourth-order valence-electron chi connectivity index (χ4n) is 1.00. The second-order valence-corrected chi connectivity index (χ2v) is 3.10. The molecule has 1 heterocycles. The van der Waals surface area contributed by atoms with Crippen LogP contribution in [-0.2, 0) is 0 Å². The summed E-state index contributed by atoms with van der Waals surface area (Å²) in [5.41, 5.74) is 5.19. The van der Waals surface area contributed by atoms with Crippen LogP contribution in [0.3, 0.4) is 0 Å². The fraction of sp³-hybridized carbons (Fsp3) is 0.375. The normalized spacial score (nSPS) is 15.8. The number of anilines is 2. The van der Waals surface area contributed by atoms with Crippen molar-refractivity contribution in [2.45, 2.75) is 18.9 Å². The maximum Gasteiger partial charge on any atom is 0.168 e. The summed E-state index contributed by atoms with van der Waals surface area (Å²) in [5, 5.41) is 2.82. The van der Waals surface area contributed by atoms with Gasteiger partial charge in [-0.2, -0.15) is 0 Å². The van der Waals surface area contributed by atoms with Crippen LogP contribution in [0.25, 0.3) is 0 Å². The third-order valence-electron chi connectivity index (χ3n) is 1.87. The number of halogens is 2. The van der Waals surface area contributed by atoms with Gasteiger partial charge in [0.15, 0.2) is 23.3 Å². The molecule has 1 aliphatic rings. The van der Waals surface area contributed by atoms with Crippen molar-refractivity contribution in [1.29, 1.82) is 0 Å². The monoisotopic (exact) mass is 185 g/mol. The second-order valence-electron chi connectivity index (χ2n) is 3.10. The molecule has 0 saturated heterocycles. The predicted octanol–water partition coefficient (Wildman–Crippen LogP) is 1.52. The van der Waals surface area contributed by atoms with Crippen molar-refractivity contribution in [1.82, 2.24) is 4.98 Å². The number of rotatable bonds is 2. The average molecular weight is 185 g/mol. The molecule has 0 aliphatic heterocycles. The number of nitrogens with one attached hydrogen (secondary N) is 1. The lowest BCUT2D eigenvalue weighted by Crippen LogP contribution is -2.08. The first-order chi connectivity index (χ1) is 6.16. The summed E-state index contributed by atoms with van der Waals surface area (Å²) in [6.45, 7) is 0. The molecule has 13 heavy (non-hydrogen) atoms. The Balaban J connectivity index is 2.27. The highest BCUT2D eigenvalue weighted by Crippen LogP contribution is 2.26. The molecule has 3 N–H and O–H groups in total. The van der Waals surface area contributed by atoms with Crippen LogP contribution in [0.2, 0.25) is 0 Å². The summed E-state index contributed by atoms with van der Waals surface area (Å²) in [4.78, 5) is 3.57. The van der Waals surface area contributed by atoms with Gasteiger partial charge in [0.05, 0.1) is 0 Å². The number of pyridine rings is 1. The summed E-state index contributed by atoms with van der Waals surface area (Å²) in [6.07, 6.45) is 2.00. The molecule has 0 atom stereocenters. The first-order valence-corrected chi connectivity index (χ1v) is 4.05. The quantitative estimate of drug-likeness (QED) is 0.734. The largest absolute Gasteiger partial charge is 0.381 e. The number of nitrogens with zero attached hydrogens (tertiary/aromatic N) is 1. The number of nitrogens with two attached hydrogens (primary N) is 1. The van der Waals surface area contributed by atoms with Crippen molar-refractivity contribution < 1.29 is 8.78 Å². The third kappa shape index (κ3) is 1.68. The molecular weight excluding hydrogens is 176 g/mol. The van der Waals surface area contributed by atoms with E-state index >= 15 is 0 Å². The van der Waals surface area contributed by atoms with Gasteiger partial charge in [0.2, 0.25) is 0 Å². The Bertz CT molecular complexity index is 336. The average Bonchev–Trinajstić information content (AvgIpc) is 2.84. The third-order valence-corrected chi connectivity index (χ3v) is 1.87. The minimum absolute atomic E-state index is 0.0430. The van der Waals surface area contributed by atoms with Crippen molar-refractivity contribution in [3.05, 3.63) is 17.7 Å². The fourth-order valence-corrected chi connectivity index (χ4v) is 1.00. The molecule has 0 amide bonds. The number of hydrogen-bond donors (Lipinski definition) is 2. The zero-order valence-electron chi connectivity index (χ0n) is 6.85. The molecule has 2 rings (SSSR count). The Kier molecular flexibility index (Phi) is 1.79. The Morgan fingerprint density at radius 1 is 1.38 bits per heavy atom. The van der Waals surface area contributed by atoms with Crippen LogP contribution in [0.4, 0.5) is 20.4 Å². The second kappa shape index (κ2) is 2.83. The summed E-state index contributed by atoms with van der Waals surface area (Å²) in [5.74, 6) is -1.75. The maximum absolute atomic E-state index is 13.0. The highest BCUT2D eigenvalue weighted by molar-refractivity contribution is 5.46. The minimum Gasteiger partial charge on any atom is -0.381 e. The van der Waals surface area contributed by atoms with E-state index in [1.54, 1.807) is 0 Å². The molecule has 0 bridgehead atoms. The maximum atomic E-state index is 13.0. The van der Waals surface area contributed by atoms with E-state index in [-0.39, 0.29) is 17.7 Å². The highest BCUT2D eigenvalue weighted by atomic mass is 19.1. The van der Waals surface area contributed by atoms with E-state index in [1.807, 2.05) is 0 Å². The van der Waals surface area contributed by atoms with Gasteiger partial charge < -0.3 is 11.1 Å². The molecule has 3 nitrogen and oxygen atoms in total. The van der Waals surface area contributed by atoms with Gasteiger partial charge in [0, 0.05) is 12.1 Å². The standard InChI is InChI=1S/C8H9F2N3/c9-5-3-6(10)8(13-7(5)11)12-4-1-2-4/h3-4H,1-2H2,(H3,11,12,13). The van der Waals surface area contributed by atoms with Gasteiger partial charge in [-0.1, -0.05) is 0 Å². The van der Waals surface area contributed by atoms with Crippen LogP contribution in [-0.4, -0.2) is 11.0 Å². The molecule has 1 aromatic rings. The molecular formula is C8H9F2N3. The first kappa shape index (κ1) is 8.22. The van der Waals surface area contributed by atoms with Crippen molar-refractivity contribution in [2.75, 3.05) is 11.1 Å². The zero-order chi connectivity index (χ0) is 9.42. The molecule has 1 aliphatic carbocycles. The molecule has 5 heteroatoms. The molecule has 0 spiro atoms. The Labute approximate surface area is 74.0 Å². The Morgan fingerprint density at radius 3 is 2.69 bits per heavy atom. The van der Waals surface area contributed by atoms with Crippen LogP contribution >= 0.6 is 0 Å². The smallest absolute Gasteiger partial charge is 0.168 e. The Hall–Kier alpha value is -1.39. The molecule has 70 valence electrons. The summed E-state index contributed by atoms with van der Waals surface area (Å²) in [6, 6.07) is 1.01. The first-order valence-electron chi connectivity index (χ1n) is 4.05. The lowest BCUT2D eigenvalue weighted by Gasteiger charge is -2.05. The van der Waals surface area contributed by atoms with Crippen LogP contribution in [0.15, 0.2) is 6.07 Å². The highest BCUT2D eigenvalue weighted by Gasteiger charge is 2.23. The van der Waals surface area contributed by atoms with E-state index in [0.717, 1.165) is 18.9 Å². The number of aromatic nitrogens is 1. The SMILES string of the molecule is Nc1nc(NC2CC2)c(F)cc1F. The topological polar surface area (TPSA) is 50.9 Å². The summed E-state index contributed by atoms with van der Waals surface area (Å²) in [7, 11) is 0. The van der Waals surface area contributed by atoms with Crippen LogP contribution in [0.5, 0.6) is 0 Å². The number of nitrogen functional groups attached to an aromatic ring is 1. The lowest BCUT2D eigenvalue weighted by molar-refractivity contribution is 0.579. The van der Waals surface area contributed by atoms with E-state index < -0.39 is 11.6 Å². The molecule has 1 saturated carbocycles. The van der Waals surface area contributed by atoms with Crippen molar-refractivity contribution in [2.24, 2.45) is 0 Å². The van der Waals surface area contributed by atoms with E-state index in [2.05, 4.69) is 10.3 Å². The van der Waals surface area contributed by atoms with E-state index in [1.165, 1.54) is 0 Å². The molecule has 0 unspecified atom stereocenters. The minimum atomic E-state index is -0.821. The zero-order valence-corrected chi connectivity index (χ0v) is 6.85. The molecule has 0 radical (unpaired) electrons. The Morgan fingerprint density at radius 2 is 2.08 bits per heavy atom. The molecule has 0 aromatic carbocycles. The van der Waals surface area contributed by atoms with Gasteiger partial charge in [-0.05, 0) is 12.8 Å². The molecule has 1 fully saturated rings. The van der Waals surface area contributed by atoms with Gasteiger partial charge >= 0.3 is 0 Å². The van der Waals surface area contributed by atoms with Gasteiger partial charge in [-0.25, -0.2) is 13.8 Å². The number of hydrogen-bond acceptors (Lipinski definition) is 3.